The van der Waals surface area contributed by atoms with Gasteiger partial charge in [-0.15, -0.1) is 37.2 Å². The van der Waals surface area contributed by atoms with Crippen molar-refractivity contribution in [3.63, 3.8) is 0 Å². The lowest BCUT2D eigenvalue weighted by Crippen LogP contribution is -2.51. The van der Waals surface area contributed by atoms with E-state index in [0.717, 1.165) is 101 Å². The number of ether oxygens (including phenoxy) is 2. The summed E-state index contributed by atoms with van der Waals surface area (Å²) in [5.74, 6) is 1.97. The van der Waals surface area contributed by atoms with E-state index in [-0.39, 0.29) is 60.9 Å². The average Bonchev–Trinajstić information content (AvgIpc) is 2.94. The van der Waals surface area contributed by atoms with Crippen LogP contribution in [0.5, 0.6) is 11.5 Å². The predicted octanol–water partition coefficient (Wildman–Crippen LogP) is 5.36. The van der Waals surface area contributed by atoms with Crippen molar-refractivity contribution in [1.29, 1.82) is 0 Å². The molecule has 0 radical (unpaired) electrons. The number of nitrogens with zero attached hydrogens (tertiary/aromatic N) is 3. The smallest absolute Gasteiger partial charge is 0.232 e. The minimum atomic E-state index is 0. The Kier molecular flexibility index (Phi) is 13.8. The lowest BCUT2D eigenvalue weighted by Gasteiger charge is -2.38. The van der Waals surface area contributed by atoms with Crippen LogP contribution in [0.25, 0.3) is 0 Å². The number of piperazine rings is 1. The monoisotopic (exact) mass is 591 g/mol. The Hall–Kier alpha value is -1.41. The number of hydrogen-bond donors (Lipinski definition) is 0. The Morgan fingerprint density at radius 3 is 1.89 bits per heavy atom. The maximum absolute atomic E-state index is 13.5. The van der Waals surface area contributed by atoms with Crippen molar-refractivity contribution in [1.82, 2.24) is 9.80 Å². The number of anilines is 1. The number of hydrogen-bond acceptors (Lipinski definition) is 6. The van der Waals surface area contributed by atoms with Crippen LogP contribution in [0.4, 0.5) is 5.69 Å². The number of halogens is 3. The topological polar surface area (TPSA) is 62.3 Å². The highest BCUT2D eigenvalue weighted by molar-refractivity contribution is 5.97. The zero-order chi connectivity index (χ0) is 24.0. The molecule has 0 unspecified atom stereocenters. The third kappa shape index (κ3) is 7.83. The summed E-state index contributed by atoms with van der Waals surface area (Å²) >= 11 is 0. The molecule has 2 heterocycles. The molecule has 10 heteroatoms. The number of amides is 2. The summed E-state index contributed by atoms with van der Waals surface area (Å²) in [7, 11) is 0. The second kappa shape index (κ2) is 16.0. The van der Waals surface area contributed by atoms with Crippen LogP contribution in [0.3, 0.4) is 0 Å². The van der Waals surface area contributed by atoms with Crippen molar-refractivity contribution in [3.05, 3.63) is 18.2 Å². The first-order valence-electron chi connectivity index (χ1n) is 13.9. The summed E-state index contributed by atoms with van der Waals surface area (Å²) < 4.78 is 11.7. The molecule has 0 bridgehead atoms. The molecule has 5 rings (SSSR count). The van der Waals surface area contributed by atoms with E-state index in [1.54, 1.807) is 4.90 Å². The van der Waals surface area contributed by atoms with Gasteiger partial charge < -0.3 is 14.4 Å². The number of para-hydroxylation sites is 1. The van der Waals surface area contributed by atoms with E-state index < -0.39 is 0 Å². The van der Waals surface area contributed by atoms with Crippen LogP contribution in [0.2, 0.25) is 0 Å². The molecule has 0 spiro atoms. The van der Waals surface area contributed by atoms with Crippen molar-refractivity contribution < 1.29 is 19.1 Å². The van der Waals surface area contributed by atoms with Crippen LogP contribution < -0.4 is 14.4 Å². The van der Waals surface area contributed by atoms with E-state index in [0.29, 0.717) is 19.8 Å². The molecule has 1 aromatic rings. The molecule has 3 fully saturated rings. The van der Waals surface area contributed by atoms with Crippen LogP contribution in [-0.4, -0.2) is 74.1 Å². The Balaban J connectivity index is 0.00000169. The van der Waals surface area contributed by atoms with Gasteiger partial charge >= 0.3 is 0 Å². The molecule has 1 aromatic carbocycles. The van der Waals surface area contributed by atoms with Crippen LogP contribution in [0.1, 0.15) is 64.2 Å². The normalized spacial score (nSPS) is 20.4. The molecule has 0 aromatic heterocycles. The standard InChI is InChI=1S/C28H41N3O4.3ClH/c32-27(22-8-3-1-4-9-22)31(28(33)23-10-5-2-6-11-23)19-16-29-14-17-30(18-15-29)24-12-7-13-25-26(24)35-21-20-34-25;;;/h7,12-13,22-23H,1-6,8-11,14-21H2;3*1H. The van der Waals surface area contributed by atoms with Gasteiger partial charge in [-0.3, -0.25) is 19.4 Å². The highest BCUT2D eigenvalue weighted by atomic mass is 35.5. The summed E-state index contributed by atoms with van der Waals surface area (Å²) in [6.45, 7) is 6.09. The second-order valence-electron chi connectivity index (χ2n) is 10.6. The summed E-state index contributed by atoms with van der Waals surface area (Å²) in [5.41, 5.74) is 1.10. The fraction of sp³-hybridized carbons (Fsp3) is 0.714. The molecule has 4 aliphatic rings. The molecule has 2 aliphatic carbocycles. The minimum absolute atomic E-state index is 0. The summed E-state index contributed by atoms with van der Waals surface area (Å²) in [6.07, 6.45) is 10.7. The molecule has 216 valence electrons. The van der Waals surface area contributed by atoms with Gasteiger partial charge in [0.05, 0.1) is 5.69 Å². The van der Waals surface area contributed by atoms with E-state index >= 15 is 0 Å². The number of carbonyl (C=O) groups excluding carboxylic acids is 2. The quantitative estimate of drug-likeness (QED) is 0.415. The third-order valence-electron chi connectivity index (χ3n) is 8.34. The first-order valence-corrected chi connectivity index (χ1v) is 13.9. The van der Waals surface area contributed by atoms with Crippen molar-refractivity contribution in [3.8, 4) is 11.5 Å². The molecule has 0 N–H and O–H groups in total. The lowest BCUT2D eigenvalue weighted by molar-refractivity contribution is -0.151. The van der Waals surface area contributed by atoms with E-state index in [1.807, 2.05) is 12.1 Å². The number of rotatable bonds is 6. The largest absolute Gasteiger partial charge is 0.486 e. The SMILES string of the molecule is Cl.Cl.Cl.O=C(C1CCCCC1)N(CCN1CCN(c2cccc3c2OCCO3)CC1)C(=O)C1CCCCC1. The molecule has 0 atom stereocenters. The molecule has 2 aliphatic heterocycles. The summed E-state index contributed by atoms with van der Waals surface area (Å²) in [5, 5.41) is 0. The molecule has 38 heavy (non-hydrogen) atoms. The average molecular weight is 593 g/mol. The zero-order valence-electron chi connectivity index (χ0n) is 22.3. The second-order valence-corrected chi connectivity index (χ2v) is 10.6. The van der Waals surface area contributed by atoms with E-state index in [2.05, 4.69) is 15.9 Å². The van der Waals surface area contributed by atoms with Gasteiger partial charge in [-0.2, -0.15) is 0 Å². The third-order valence-corrected chi connectivity index (χ3v) is 8.34. The van der Waals surface area contributed by atoms with Gasteiger partial charge in [0.15, 0.2) is 11.5 Å². The first-order chi connectivity index (χ1) is 17.2. The van der Waals surface area contributed by atoms with E-state index in [4.69, 9.17) is 9.47 Å². The highest BCUT2D eigenvalue weighted by Gasteiger charge is 2.34. The van der Waals surface area contributed by atoms with Gasteiger partial charge in [-0.25, -0.2) is 0 Å². The zero-order valence-corrected chi connectivity index (χ0v) is 24.8. The molecule has 2 saturated carbocycles. The van der Waals surface area contributed by atoms with Crippen LogP contribution >= 0.6 is 37.2 Å². The number of benzene rings is 1. The van der Waals surface area contributed by atoms with Gasteiger partial charge in [0.25, 0.3) is 0 Å². The van der Waals surface area contributed by atoms with Gasteiger partial charge in [0.2, 0.25) is 11.8 Å². The number of imide groups is 1. The maximum Gasteiger partial charge on any atom is 0.232 e. The van der Waals surface area contributed by atoms with Gasteiger partial charge in [0.1, 0.15) is 13.2 Å². The molecule has 7 nitrogen and oxygen atoms in total. The van der Waals surface area contributed by atoms with Crippen LogP contribution in [-0.2, 0) is 9.59 Å². The van der Waals surface area contributed by atoms with Gasteiger partial charge in [0, 0.05) is 51.1 Å². The van der Waals surface area contributed by atoms with Gasteiger partial charge in [-0.05, 0) is 37.8 Å². The lowest BCUT2D eigenvalue weighted by atomic mass is 9.86. The Morgan fingerprint density at radius 1 is 0.763 bits per heavy atom. The molecular formula is C28H44Cl3N3O4. The van der Waals surface area contributed by atoms with Crippen molar-refractivity contribution in [2.45, 2.75) is 64.2 Å². The Bertz CT molecular complexity index is 856. The number of carbonyl (C=O) groups is 2. The van der Waals surface area contributed by atoms with Crippen molar-refractivity contribution >= 4 is 54.7 Å². The fourth-order valence-electron chi connectivity index (χ4n) is 6.23. The van der Waals surface area contributed by atoms with Crippen molar-refractivity contribution in [2.75, 3.05) is 57.4 Å². The Labute approximate surface area is 246 Å². The number of fused-ring (bicyclic) bond motifs is 1. The molecule has 1 saturated heterocycles. The van der Waals surface area contributed by atoms with E-state index in [9.17, 15) is 9.59 Å². The first kappa shape index (κ1) is 32.8. The summed E-state index contributed by atoms with van der Waals surface area (Å²) in [6, 6.07) is 6.10. The minimum Gasteiger partial charge on any atom is -0.486 e. The Morgan fingerprint density at radius 2 is 1.32 bits per heavy atom. The van der Waals surface area contributed by atoms with Crippen LogP contribution in [0.15, 0.2) is 18.2 Å². The van der Waals surface area contributed by atoms with E-state index in [1.165, 1.54) is 12.8 Å². The highest BCUT2D eigenvalue weighted by Crippen LogP contribution is 2.39. The fourth-order valence-corrected chi connectivity index (χ4v) is 6.23. The predicted molar refractivity (Wildman–Crippen MR) is 158 cm³/mol. The molecular weight excluding hydrogens is 549 g/mol. The maximum atomic E-state index is 13.5. The van der Waals surface area contributed by atoms with Crippen LogP contribution in [0, 0.1) is 11.8 Å². The van der Waals surface area contributed by atoms with Gasteiger partial charge in [-0.1, -0.05) is 44.6 Å². The summed E-state index contributed by atoms with van der Waals surface area (Å²) in [4.78, 5) is 33.4. The molecule has 2 amide bonds. The van der Waals surface area contributed by atoms with Crippen molar-refractivity contribution in [2.24, 2.45) is 11.8 Å².